The fraction of sp³-hybridized carbons (Fsp3) is 1.00. The highest BCUT2D eigenvalue weighted by Gasteiger charge is 2.30. The van der Waals surface area contributed by atoms with Crippen LogP contribution in [0.25, 0.3) is 0 Å². The van der Waals surface area contributed by atoms with E-state index in [0.717, 1.165) is 50.7 Å². The highest BCUT2D eigenvalue weighted by atomic mass is 32.1. The van der Waals surface area contributed by atoms with Crippen LogP contribution in [0.2, 0.25) is 0 Å². The second kappa shape index (κ2) is 6.70. The number of thiol groups is 1. The maximum atomic E-state index is 9.84. The third-order valence-corrected chi connectivity index (χ3v) is 3.50. The SMILES string of the molecule is OC(CCCCCS)[C@@H]1CCC[C@H]1O. The van der Waals surface area contributed by atoms with Gasteiger partial charge in [-0.15, -0.1) is 0 Å². The molecule has 0 radical (unpaired) electrons. The predicted molar refractivity (Wildman–Crippen MR) is 61.7 cm³/mol. The molecule has 1 aliphatic carbocycles. The van der Waals surface area contributed by atoms with Crippen LogP contribution in [-0.4, -0.2) is 28.2 Å². The minimum Gasteiger partial charge on any atom is -0.393 e. The van der Waals surface area contributed by atoms with Gasteiger partial charge in [0.05, 0.1) is 12.2 Å². The van der Waals surface area contributed by atoms with Crippen LogP contribution in [0.4, 0.5) is 0 Å². The first kappa shape index (κ1) is 12.3. The Morgan fingerprint density at radius 2 is 2.00 bits per heavy atom. The van der Waals surface area contributed by atoms with E-state index in [1.165, 1.54) is 0 Å². The summed E-state index contributed by atoms with van der Waals surface area (Å²) in [7, 11) is 0. The quantitative estimate of drug-likeness (QED) is 0.471. The molecule has 1 rings (SSSR count). The predicted octanol–water partition coefficient (Wildman–Crippen LogP) is 2.00. The molecule has 14 heavy (non-hydrogen) atoms. The zero-order valence-corrected chi connectivity index (χ0v) is 9.62. The average molecular weight is 218 g/mol. The van der Waals surface area contributed by atoms with Gasteiger partial charge >= 0.3 is 0 Å². The first-order valence-corrected chi connectivity index (χ1v) is 6.36. The number of rotatable bonds is 6. The fourth-order valence-electron chi connectivity index (χ4n) is 2.27. The molecular weight excluding hydrogens is 196 g/mol. The number of unbranched alkanes of at least 4 members (excludes halogenated alkanes) is 2. The molecule has 3 heteroatoms. The van der Waals surface area contributed by atoms with Crippen molar-refractivity contribution in [2.24, 2.45) is 5.92 Å². The Labute approximate surface area is 92.1 Å². The van der Waals surface area contributed by atoms with Gasteiger partial charge in [-0.1, -0.05) is 19.3 Å². The Morgan fingerprint density at radius 3 is 2.57 bits per heavy atom. The zero-order valence-electron chi connectivity index (χ0n) is 8.73. The number of hydrogen-bond donors (Lipinski definition) is 3. The maximum absolute atomic E-state index is 9.84. The lowest BCUT2D eigenvalue weighted by atomic mass is 9.94. The Hall–Kier alpha value is 0.270. The summed E-state index contributed by atoms with van der Waals surface area (Å²) in [5.74, 6) is 1.08. The summed E-state index contributed by atoms with van der Waals surface area (Å²) in [5.41, 5.74) is 0. The van der Waals surface area contributed by atoms with Gasteiger partial charge in [0.15, 0.2) is 0 Å². The Kier molecular flexibility index (Phi) is 5.90. The Balaban J connectivity index is 2.11. The van der Waals surface area contributed by atoms with E-state index < -0.39 is 0 Å². The van der Waals surface area contributed by atoms with Crippen molar-refractivity contribution < 1.29 is 10.2 Å². The van der Waals surface area contributed by atoms with Gasteiger partial charge in [0.1, 0.15) is 0 Å². The van der Waals surface area contributed by atoms with Crippen LogP contribution >= 0.6 is 12.6 Å². The van der Waals surface area contributed by atoms with E-state index in [4.69, 9.17) is 0 Å². The van der Waals surface area contributed by atoms with E-state index in [1.54, 1.807) is 0 Å². The molecule has 1 saturated carbocycles. The monoisotopic (exact) mass is 218 g/mol. The van der Waals surface area contributed by atoms with Gasteiger partial charge in [0.25, 0.3) is 0 Å². The number of hydrogen-bond acceptors (Lipinski definition) is 3. The van der Waals surface area contributed by atoms with E-state index in [0.29, 0.717) is 0 Å². The van der Waals surface area contributed by atoms with E-state index >= 15 is 0 Å². The number of aliphatic hydroxyl groups is 2. The van der Waals surface area contributed by atoms with Crippen molar-refractivity contribution in [2.75, 3.05) is 5.75 Å². The van der Waals surface area contributed by atoms with Crippen LogP contribution in [0.5, 0.6) is 0 Å². The van der Waals surface area contributed by atoms with Crippen molar-refractivity contribution in [2.45, 2.75) is 57.2 Å². The summed E-state index contributed by atoms with van der Waals surface area (Å²) >= 11 is 4.14. The first-order chi connectivity index (χ1) is 6.75. The standard InChI is InChI=1S/C11H22O2S/c12-10(6-2-1-3-8-14)9-5-4-7-11(9)13/h9-14H,1-8H2/t9-,10?,11+/m0/s1. The van der Waals surface area contributed by atoms with Crippen LogP contribution in [0, 0.1) is 5.92 Å². The summed E-state index contributed by atoms with van der Waals surface area (Å²) in [6.45, 7) is 0. The minimum atomic E-state index is -0.285. The molecule has 0 saturated heterocycles. The molecule has 0 aromatic carbocycles. The highest BCUT2D eigenvalue weighted by Crippen LogP contribution is 2.30. The zero-order chi connectivity index (χ0) is 10.4. The second-order valence-corrected chi connectivity index (χ2v) is 4.75. The van der Waals surface area contributed by atoms with Gasteiger partial charge < -0.3 is 10.2 Å². The summed E-state index contributed by atoms with van der Waals surface area (Å²) < 4.78 is 0. The van der Waals surface area contributed by atoms with Gasteiger partial charge in [-0.25, -0.2) is 0 Å². The smallest absolute Gasteiger partial charge is 0.0593 e. The van der Waals surface area contributed by atoms with Gasteiger partial charge in [0.2, 0.25) is 0 Å². The van der Waals surface area contributed by atoms with E-state index in [9.17, 15) is 10.2 Å². The van der Waals surface area contributed by atoms with Gasteiger partial charge in [0, 0.05) is 5.92 Å². The van der Waals surface area contributed by atoms with Crippen molar-refractivity contribution in [1.82, 2.24) is 0 Å². The summed E-state index contributed by atoms with van der Waals surface area (Å²) in [5, 5.41) is 19.4. The largest absolute Gasteiger partial charge is 0.393 e. The van der Waals surface area contributed by atoms with Gasteiger partial charge in [-0.05, 0) is 31.4 Å². The van der Waals surface area contributed by atoms with Crippen LogP contribution in [0.3, 0.4) is 0 Å². The van der Waals surface area contributed by atoms with Crippen molar-refractivity contribution in [1.29, 1.82) is 0 Å². The molecule has 1 aliphatic rings. The van der Waals surface area contributed by atoms with Crippen LogP contribution < -0.4 is 0 Å². The van der Waals surface area contributed by atoms with Crippen molar-refractivity contribution in [3.05, 3.63) is 0 Å². The van der Waals surface area contributed by atoms with Crippen LogP contribution in [0.1, 0.15) is 44.9 Å². The normalized spacial score (nSPS) is 29.4. The maximum Gasteiger partial charge on any atom is 0.0593 e. The lowest BCUT2D eigenvalue weighted by Gasteiger charge is -2.21. The third kappa shape index (κ3) is 3.79. The summed E-state index contributed by atoms with van der Waals surface area (Å²) in [6, 6.07) is 0. The van der Waals surface area contributed by atoms with Crippen LogP contribution in [0.15, 0.2) is 0 Å². The molecule has 0 spiro atoms. The molecule has 0 aliphatic heterocycles. The topological polar surface area (TPSA) is 40.5 Å². The Bertz CT molecular complexity index is 152. The lowest BCUT2D eigenvalue weighted by molar-refractivity contribution is 0.0257. The highest BCUT2D eigenvalue weighted by molar-refractivity contribution is 7.80. The lowest BCUT2D eigenvalue weighted by Crippen LogP contribution is -2.27. The molecule has 1 unspecified atom stereocenters. The molecule has 3 atom stereocenters. The van der Waals surface area contributed by atoms with E-state index in [-0.39, 0.29) is 18.1 Å². The van der Waals surface area contributed by atoms with Crippen molar-refractivity contribution in [3.63, 3.8) is 0 Å². The second-order valence-electron chi connectivity index (χ2n) is 4.30. The molecule has 1 fully saturated rings. The molecule has 2 N–H and O–H groups in total. The Morgan fingerprint density at radius 1 is 1.21 bits per heavy atom. The third-order valence-electron chi connectivity index (χ3n) is 3.18. The molecule has 2 nitrogen and oxygen atoms in total. The molecule has 0 bridgehead atoms. The van der Waals surface area contributed by atoms with E-state index in [1.807, 2.05) is 0 Å². The fourth-order valence-corrected chi connectivity index (χ4v) is 2.50. The summed E-state index contributed by atoms with van der Waals surface area (Å²) in [6.07, 6.45) is 6.57. The minimum absolute atomic E-state index is 0.144. The molecular formula is C11H22O2S. The van der Waals surface area contributed by atoms with Crippen molar-refractivity contribution in [3.8, 4) is 0 Å². The number of aliphatic hydroxyl groups excluding tert-OH is 2. The van der Waals surface area contributed by atoms with Gasteiger partial charge in [-0.3, -0.25) is 0 Å². The van der Waals surface area contributed by atoms with Crippen molar-refractivity contribution >= 4 is 12.6 Å². The molecule has 0 aromatic rings. The first-order valence-electron chi connectivity index (χ1n) is 5.72. The summed E-state index contributed by atoms with van der Waals surface area (Å²) in [4.78, 5) is 0. The molecule has 0 heterocycles. The molecule has 84 valence electrons. The molecule has 0 amide bonds. The molecule has 0 aromatic heterocycles. The van der Waals surface area contributed by atoms with Gasteiger partial charge in [-0.2, -0.15) is 12.6 Å². The van der Waals surface area contributed by atoms with Crippen LogP contribution in [-0.2, 0) is 0 Å². The average Bonchev–Trinajstić information content (AvgIpc) is 2.59. The van der Waals surface area contributed by atoms with E-state index in [2.05, 4.69) is 12.6 Å².